The third-order valence-electron chi connectivity index (χ3n) is 6.24. The van der Waals surface area contributed by atoms with Crippen molar-refractivity contribution >= 4 is 24.6 Å². The number of benzene rings is 2. The van der Waals surface area contributed by atoms with Gasteiger partial charge in [-0.2, -0.15) is 0 Å². The predicted octanol–water partition coefficient (Wildman–Crippen LogP) is 2.88. The molecule has 0 saturated carbocycles. The second-order valence-electron chi connectivity index (χ2n) is 9.19. The van der Waals surface area contributed by atoms with Gasteiger partial charge in [0.05, 0.1) is 31.4 Å². The second-order valence-corrected chi connectivity index (χ2v) is 9.19. The highest BCUT2D eigenvalue weighted by atomic mass is 16.5. The van der Waals surface area contributed by atoms with Crippen LogP contribution < -0.4 is 20.0 Å². The molecular weight excluding hydrogens is 459 g/mol. The van der Waals surface area contributed by atoms with Crippen molar-refractivity contribution < 1.29 is 24.1 Å². The molecule has 2 aromatic carbocycles. The number of nitrogens with one attached hydrogen (secondary N) is 2. The average Bonchev–Trinajstić information content (AvgIpc) is 3.11. The zero-order chi connectivity index (χ0) is 26.2. The quantitative estimate of drug-likeness (QED) is 0.209. The molecule has 0 bridgehead atoms. The Morgan fingerprint density at radius 3 is 2.44 bits per heavy atom. The number of rotatable bonds is 14. The lowest BCUT2D eigenvalue weighted by Crippen LogP contribution is -2.36. The van der Waals surface area contributed by atoms with Crippen molar-refractivity contribution in [3.8, 4) is 11.5 Å². The zero-order valence-corrected chi connectivity index (χ0v) is 21.8. The lowest BCUT2D eigenvalue weighted by Gasteiger charge is -2.27. The van der Waals surface area contributed by atoms with E-state index in [2.05, 4.69) is 15.4 Å². The normalized spacial score (nSPS) is 13.7. The van der Waals surface area contributed by atoms with Crippen molar-refractivity contribution in [2.75, 3.05) is 53.3 Å². The fraction of sp³-hybridized carbons (Fsp3) is 0.462. The average molecular weight is 496 g/mol. The van der Waals surface area contributed by atoms with Crippen LogP contribution >= 0.6 is 0 Å². The van der Waals surface area contributed by atoms with Gasteiger partial charge in [0.15, 0.2) is 11.5 Å². The predicted molar refractivity (Wildman–Crippen MR) is 142 cm³/mol. The molecule has 3 N–H and O–H groups in total. The van der Waals surface area contributed by atoms with E-state index in [4.69, 9.17) is 9.47 Å². The van der Waals surface area contributed by atoms with E-state index in [1.54, 1.807) is 39.2 Å². The molecule has 1 aliphatic heterocycles. The molecule has 194 valence electrons. The molecule has 10 heteroatoms. The second kappa shape index (κ2) is 12.8. The van der Waals surface area contributed by atoms with Crippen molar-refractivity contribution in [1.29, 1.82) is 0 Å². The van der Waals surface area contributed by atoms with Gasteiger partial charge in [-0.15, -0.1) is 0 Å². The molecular formula is C26H37BN4O5. The minimum Gasteiger partial charge on any atom is -0.493 e. The highest BCUT2D eigenvalue weighted by Gasteiger charge is 2.42. The van der Waals surface area contributed by atoms with E-state index in [0.29, 0.717) is 54.2 Å². The molecule has 0 radical (unpaired) electrons. The molecule has 9 nitrogen and oxygen atoms in total. The first kappa shape index (κ1) is 27.5. The molecule has 0 aromatic heterocycles. The fourth-order valence-electron chi connectivity index (χ4n) is 4.46. The number of anilines is 1. The number of fused-ring (bicyclic) bond motifs is 1. The van der Waals surface area contributed by atoms with Gasteiger partial charge >= 0.3 is 7.05 Å². The Bertz CT molecular complexity index is 1060. The van der Waals surface area contributed by atoms with Gasteiger partial charge in [-0.25, -0.2) is 0 Å². The minimum atomic E-state index is -0.634. The van der Waals surface area contributed by atoms with E-state index < -0.39 is 13.1 Å². The van der Waals surface area contributed by atoms with Crippen LogP contribution in [0.2, 0.25) is 6.82 Å². The maximum absolute atomic E-state index is 13.7. The van der Waals surface area contributed by atoms with Gasteiger partial charge in [0.2, 0.25) is 0 Å². The summed E-state index contributed by atoms with van der Waals surface area (Å²) in [6, 6.07) is 10.3. The van der Waals surface area contributed by atoms with Crippen molar-refractivity contribution in [3.63, 3.8) is 0 Å². The van der Waals surface area contributed by atoms with Gasteiger partial charge in [0, 0.05) is 12.2 Å². The van der Waals surface area contributed by atoms with E-state index in [1.165, 1.54) is 4.90 Å². The third kappa shape index (κ3) is 6.37. The summed E-state index contributed by atoms with van der Waals surface area (Å²) in [4.78, 5) is 30.8. The molecule has 1 atom stereocenters. The molecule has 0 aliphatic carbocycles. The Hall–Kier alpha value is -3.08. The minimum absolute atomic E-state index is 0.310. The Balaban J connectivity index is 1.91. The number of hydrogen-bond acceptors (Lipinski definition) is 8. The molecule has 0 fully saturated rings. The summed E-state index contributed by atoms with van der Waals surface area (Å²) in [5.41, 5.74) is 2.28. The van der Waals surface area contributed by atoms with Crippen molar-refractivity contribution in [2.24, 2.45) is 0 Å². The molecule has 0 saturated heterocycles. The molecule has 3 rings (SSSR count). The summed E-state index contributed by atoms with van der Waals surface area (Å²) in [5.74, 6) is 0.480. The van der Waals surface area contributed by atoms with Crippen LogP contribution in [-0.2, 0) is 0 Å². The zero-order valence-electron chi connectivity index (χ0n) is 21.8. The Kier molecular flexibility index (Phi) is 9.75. The van der Waals surface area contributed by atoms with Crippen LogP contribution in [0, 0.1) is 0 Å². The molecule has 2 aromatic rings. The van der Waals surface area contributed by atoms with Gasteiger partial charge in [-0.1, -0.05) is 12.1 Å². The number of imide groups is 1. The van der Waals surface area contributed by atoms with E-state index in [9.17, 15) is 14.6 Å². The van der Waals surface area contributed by atoms with Crippen molar-refractivity contribution in [3.05, 3.63) is 53.1 Å². The molecule has 2 amide bonds. The van der Waals surface area contributed by atoms with Crippen LogP contribution in [0.4, 0.5) is 5.69 Å². The first-order valence-electron chi connectivity index (χ1n) is 12.3. The van der Waals surface area contributed by atoms with Crippen LogP contribution in [0.1, 0.15) is 51.6 Å². The Labute approximate surface area is 213 Å². The Morgan fingerprint density at radius 1 is 1.03 bits per heavy atom. The lowest BCUT2D eigenvalue weighted by atomic mass is 9.88. The van der Waals surface area contributed by atoms with E-state index in [1.807, 2.05) is 32.3 Å². The number of hydrogen-bond donors (Lipinski definition) is 3. The first-order chi connectivity index (χ1) is 17.3. The number of carbonyl (C=O) groups excluding carboxylic acids is 2. The molecule has 0 spiro atoms. The number of methoxy groups -OCH3 is 2. The molecule has 1 heterocycles. The third-order valence-corrected chi connectivity index (χ3v) is 6.24. The number of nitrogens with zero attached hydrogens (tertiary/aromatic N) is 2. The molecule has 36 heavy (non-hydrogen) atoms. The summed E-state index contributed by atoms with van der Waals surface area (Å²) in [6.07, 6.45) is 2.08. The summed E-state index contributed by atoms with van der Waals surface area (Å²) in [7, 11) is 6.52. The topological polar surface area (TPSA) is 103 Å². The van der Waals surface area contributed by atoms with Crippen molar-refractivity contribution in [1.82, 2.24) is 15.0 Å². The Morgan fingerprint density at radius 2 is 1.78 bits per heavy atom. The largest absolute Gasteiger partial charge is 0.493 e. The van der Waals surface area contributed by atoms with Crippen LogP contribution in [0.3, 0.4) is 0 Å². The summed E-state index contributed by atoms with van der Waals surface area (Å²) in [6.45, 7) is 3.81. The van der Waals surface area contributed by atoms with E-state index >= 15 is 0 Å². The highest BCUT2D eigenvalue weighted by molar-refractivity contribution is 6.45. The first-order valence-corrected chi connectivity index (χ1v) is 12.3. The van der Waals surface area contributed by atoms with Gasteiger partial charge in [0.25, 0.3) is 11.8 Å². The summed E-state index contributed by atoms with van der Waals surface area (Å²) >= 11 is 0. The molecule has 1 aliphatic rings. The monoisotopic (exact) mass is 496 g/mol. The lowest BCUT2D eigenvalue weighted by molar-refractivity contribution is 0.0572. The van der Waals surface area contributed by atoms with Gasteiger partial charge in [-0.3, -0.25) is 14.5 Å². The van der Waals surface area contributed by atoms with Gasteiger partial charge in [-0.05, 0) is 83.1 Å². The van der Waals surface area contributed by atoms with Gasteiger partial charge in [0.1, 0.15) is 0 Å². The van der Waals surface area contributed by atoms with Crippen LogP contribution in [0.15, 0.2) is 36.4 Å². The summed E-state index contributed by atoms with van der Waals surface area (Å²) < 4.78 is 10.9. The standard InChI is InChI=1S/C26H37BN4O5/c1-27(34)29-15-7-11-21(18-12-13-22(35-4)23(17-18)36-5)31-25(32)19-9-6-10-20(24(19)26(31)33)28-14-8-16-30(2)3/h6,9-10,12-13,17,21,28-29,34H,7-8,11,14-16H2,1-5H3/t21-/m1/s1. The maximum Gasteiger partial charge on any atom is 0.373 e. The number of ether oxygens (including phenoxy) is 2. The fourth-order valence-corrected chi connectivity index (χ4v) is 4.46. The number of carbonyl (C=O) groups is 2. The SMILES string of the molecule is COc1ccc([C@@H](CCCNB(C)O)N2C(=O)c3cccc(NCCCN(C)C)c3C2=O)cc1OC. The van der Waals surface area contributed by atoms with Gasteiger partial charge < -0.3 is 29.9 Å². The maximum atomic E-state index is 13.7. The van der Waals surface area contributed by atoms with E-state index in [0.717, 1.165) is 18.5 Å². The van der Waals surface area contributed by atoms with Crippen LogP contribution in [0.5, 0.6) is 11.5 Å². The number of amides is 2. The van der Waals surface area contributed by atoms with Crippen LogP contribution in [0.25, 0.3) is 0 Å². The molecule has 0 unspecified atom stereocenters. The van der Waals surface area contributed by atoms with Crippen LogP contribution in [-0.4, -0.2) is 81.6 Å². The summed E-state index contributed by atoms with van der Waals surface area (Å²) in [5, 5.41) is 15.9. The van der Waals surface area contributed by atoms with E-state index in [-0.39, 0.29) is 11.8 Å². The van der Waals surface area contributed by atoms with Crippen molar-refractivity contribution in [2.45, 2.75) is 32.1 Å². The smallest absolute Gasteiger partial charge is 0.373 e. The highest BCUT2D eigenvalue weighted by Crippen LogP contribution is 2.39.